The number of carbonyl (C=O) groups excluding carboxylic acids is 4. The molecule has 2 aliphatic heterocycles. The Kier molecular flexibility index (Phi) is 18.1. The Balaban J connectivity index is 1.31. The molecule has 1 amide bonds. The van der Waals surface area contributed by atoms with Crippen LogP contribution in [0.15, 0.2) is 66.4 Å². The quantitative estimate of drug-likeness (QED) is 0.185. The van der Waals surface area contributed by atoms with Crippen molar-refractivity contribution in [1.29, 1.82) is 0 Å². The first-order chi connectivity index (χ1) is 31.9. The number of ketones is 3. The van der Waals surface area contributed by atoms with Crippen LogP contribution in [0.1, 0.15) is 118 Å². The second-order valence-corrected chi connectivity index (χ2v) is 20.9. The van der Waals surface area contributed by atoms with Gasteiger partial charge in [0.15, 0.2) is 5.78 Å². The molecule has 0 radical (unpaired) electrons. The van der Waals surface area contributed by atoms with Crippen molar-refractivity contribution >= 4 is 34.2 Å². The Morgan fingerprint density at radius 2 is 1.60 bits per heavy atom. The van der Waals surface area contributed by atoms with E-state index in [-0.39, 0.29) is 79.5 Å². The summed E-state index contributed by atoms with van der Waals surface area (Å²) in [4.78, 5) is 59.5. The number of piperidine rings is 1. The first-order valence-electron chi connectivity index (χ1n) is 25.0. The van der Waals surface area contributed by atoms with Crippen molar-refractivity contribution in [3.05, 3.63) is 66.4 Å². The van der Waals surface area contributed by atoms with Crippen molar-refractivity contribution in [2.45, 2.75) is 160 Å². The van der Waals surface area contributed by atoms with Crippen molar-refractivity contribution in [1.82, 2.24) is 9.47 Å². The van der Waals surface area contributed by atoms with E-state index in [0.29, 0.717) is 51.4 Å². The van der Waals surface area contributed by atoms with E-state index >= 15 is 0 Å². The minimum absolute atomic E-state index is 0.00623. The maximum Gasteiger partial charge on any atom is 0.293 e. The number of hydrogen-bond donors (Lipinski definition) is 2. The number of methoxy groups -OCH3 is 3. The van der Waals surface area contributed by atoms with Gasteiger partial charge >= 0.3 is 0 Å². The second kappa shape index (κ2) is 23.1. The van der Waals surface area contributed by atoms with Crippen LogP contribution in [0, 0.1) is 41.4 Å². The minimum Gasteiger partial charge on any atom is -0.488 e. The lowest BCUT2D eigenvalue weighted by Crippen LogP contribution is -2.61. The Morgan fingerprint density at radius 3 is 2.30 bits per heavy atom. The minimum atomic E-state index is -1.98. The molecule has 3 heterocycles. The van der Waals surface area contributed by atoms with E-state index in [1.165, 1.54) is 4.90 Å². The topological polar surface area (TPSA) is 154 Å². The summed E-state index contributed by atoms with van der Waals surface area (Å²) in [5.41, 5.74) is 1.10. The number of hydrogen-bond acceptors (Lipinski definition) is 10. The van der Waals surface area contributed by atoms with E-state index in [9.17, 15) is 29.4 Å². The van der Waals surface area contributed by atoms with Gasteiger partial charge in [-0.25, -0.2) is 0 Å². The monoisotopic (exact) mass is 929 g/mol. The molecule has 2 aromatic rings. The number of aliphatic hydroxyl groups is 2. The van der Waals surface area contributed by atoms with Crippen molar-refractivity contribution in [2.24, 2.45) is 48.5 Å². The molecule has 2 aliphatic carbocycles. The lowest BCUT2D eigenvalue weighted by atomic mass is 9.65. The normalized spacial score (nSPS) is 36.8. The van der Waals surface area contributed by atoms with Crippen molar-refractivity contribution < 1.29 is 48.3 Å². The van der Waals surface area contributed by atoms with Crippen molar-refractivity contribution in [2.75, 3.05) is 27.9 Å². The molecular formula is C55H80N2O10. The molecule has 0 spiro atoms. The first kappa shape index (κ1) is 52.4. The molecule has 2 N–H and O–H groups in total. The Labute approximate surface area is 399 Å². The summed E-state index contributed by atoms with van der Waals surface area (Å²) in [7, 11) is 6.99. The van der Waals surface area contributed by atoms with Gasteiger partial charge in [0, 0.05) is 76.7 Å². The van der Waals surface area contributed by atoms with Gasteiger partial charge in [-0.05, 0) is 138 Å². The molecule has 6 rings (SSSR count). The molecule has 12 heteroatoms. The summed E-state index contributed by atoms with van der Waals surface area (Å²) >= 11 is 0. The summed E-state index contributed by atoms with van der Waals surface area (Å²) < 4.78 is 26.7. The number of rotatable bonds is 9. The Bertz CT molecular complexity index is 2120. The van der Waals surface area contributed by atoms with Crippen LogP contribution in [0.4, 0.5) is 0 Å². The molecule has 12 nitrogen and oxygen atoms in total. The van der Waals surface area contributed by atoms with E-state index in [0.717, 1.165) is 40.6 Å². The number of aryl methyl sites for hydroxylation is 1. The third kappa shape index (κ3) is 12.1. The maximum absolute atomic E-state index is 14.8. The molecule has 4 aliphatic rings. The average Bonchev–Trinajstić information content (AvgIpc) is 3.68. The van der Waals surface area contributed by atoms with E-state index in [2.05, 4.69) is 42.3 Å². The number of aromatic nitrogens is 1. The van der Waals surface area contributed by atoms with Crippen LogP contribution < -0.4 is 4.74 Å². The molecule has 2 bridgehead atoms. The van der Waals surface area contributed by atoms with Gasteiger partial charge in [-0.1, -0.05) is 50.1 Å². The van der Waals surface area contributed by atoms with E-state index < -0.39 is 53.1 Å². The molecule has 14 unspecified atom stereocenters. The lowest BCUT2D eigenvalue weighted by molar-refractivity contribution is -0.176. The molecule has 1 saturated heterocycles. The number of fused-ring (bicyclic) bond motifs is 4. The summed E-state index contributed by atoms with van der Waals surface area (Å²) in [6, 6.07) is 7.33. The molecule has 1 aromatic carbocycles. The Morgan fingerprint density at radius 1 is 0.881 bits per heavy atom. The Hall–Kier alpha value is -3.94. The molecule has 3 fully saturated rings. The van der Waals surface area contributed by atoms with Crippen LogP contribution in [0.5, 0.6) is 5.75 Å². The molecule has 370 valence electrons. The third-order valence-corrected chi connectivity index (χ3v) is 16.2. The number of nitrogens with zero attached hydrogens (tertiary/aromatic N) is 2. The number of allylic oxidation sites excluding steroid dienone is 5. The SMILES string of the molecule is C=CCC1/C=C(\C)CC(C)CC(OC)C2CC(O)(C(=O)C(=O)N3CCCCC3C(=O)CC(C(C)=CC3CCC(Oc4ccc5c(ccn5C)c4)C(OC)C3)C(C)C(O)CC1=O)C(C)CC2OC. The zero-order chi connectivity index (χ0) is 48.7. The average molecular weight is 929 g/mol. The number of aliphatic hydroxyl groups excluding tert-OH is 1. The van der Waals surface area contributed by atoms with Crippen LogP contribution in [-0.4, -0.2) is 113 Å². The zero-order valence-corrected chi connectivity index (χ0v) is 41.8. The fraction of sp³-hybridized carbons (Fsp3) is 0.673. The summed E-state index contributed by atoms with van der Waals surface area (Å²) in [5.74, 6) is -3.43. The molecule has 67 heavy (non-hydrogen) atoms. The highest BCUT2D eigenvalue weighted by Crippen LogP contribution is 2.44. The summed E-state index contributed by atoms with van der Waals surface area (Å²) in [5, 5.41) is 25.5. The van der Waals surface area contributed by atoms with Gasteiger partial charge in [-0.15, -0.1) is 6.58 Å². The van der Waals surface area contributed by atoms with E-state index in [1.807, 2.05) is 46.2 Å². The van der Waals surface area contributed by atoms with Crippen LogP contribution in [0.3, 0.4) is 0 Å². The lowest BCUT2D eigenvalue weighted by Gasteiger charge is -2.47. The van der Waals surface area contributed by atoms with Gasteiger partial charge in [0.2, 0.25) is 0 Å². The van der Waals surface area contributed by atoms with Crippen molar-refractivity contribution in [3.8, 4) is 5.75 Å². The van der Waals surface area contributed by atoms with Gasteiger partial charge < -0.3 is 38.6 Å². The van der Waals surface area contributed by atoms with Gasteiger partial charge in [0.05, 0.1) is 30.5 Å². The van der Waals surface area contributed by atoms with Gasteiger partial charge in [-0.2, -0.15) is 0 Å². The van der Waals surface area contributed by atoms with Gasteiger partial charge in [-0.3, -0.25) is 19.2 Å². The van der Waals surface area contributed by atoms with Crippen LogP contribution in [0.2, 0.25) is 0 Å². The molecule has 2 saturated carbocycles. The van der Waals surface area contributed by atoms with E-state index in [4.69, 9.17) is 18.9 Å². The number of benzene rings is 1. The smallest absolute Gasteiger partial charge is 0.293 e. The van der Waals surface area contributed by atoms with E-state index in [1.54, 1.807) is 34.3 Å². The second-order valence-electron chi connectivity index (χ2n) is 20.9. The van der Waals surface area contributed by atoms with Crippen LogP contribution >= 0.6 is 0 Å². The highest BCUT2D eigenvalue weighted by Gasteiger charge is 2.55. The van der Waals surface area contributed by atoms with Crippen LogP contribution in [0.25, 0.3) is 10.9 Å². The largest absolute Gasteiger partial charge is 0.488 e. The van der Waals surface area contributed by atoms with Crippen molar-refractivity contribution in [3.63, 3.8) is 0 Å². The number of amides is 1. The summed E-state index contributed by atoms with van der Waals surface area (Å²) in [6.07, 6.45) is 11.8. The first-order valence-corrected chi connectivity index (χ1v) is 25.0. The fourth-order valence-corrected chi connectivity index (χ4v) is 12.1. The van der Waals surface area contributed by atoms with Crippen LogP contribution in [-0.2, 0) is 40.4 Å². The third-order valence-electron chi connectivity index (χ3n) is 16.2. The number of Topliss-reactive ketones (excluding diaryl/α,β-unsaturated/α-hetero) is 3. The number of ether oxygens (including phenoxy) is 4. The van der Waals surface area contributed by atoms with Gasteiger partial charge in [0.1, 0.15) is 23.2 Å². The molecule has 1 aromatic heterocycles. The van der Waals surface area contributed by atoms with Gasteiger partial charge in [0.25, 0.3) is 11.7 Å². The fourth-order valence-electron chi connectivity index (χ4n) is 12.1. The summed E-state index contributed by atoms with van der Waals surface area (Å²) in [6.45, 7) is 14.0. The molecular weight excluding hydrogens is 849 g/mol. The number of carbonyl (C=O) groups is 4. The highest BCUT2D eigenvalue weighted by atomic mass is 16.5. The molecule has 14 atom stereocenters. The predicted octanol–water partition coefficient (Wildman–Crippen LogP) is 8.54. The zero-order valence-electron chi connectivity index (χ0n) is 41.8. The highest BCUT2D eigenvalue weighted by molar-refractivity contribution is 6.39. The standard InChI is InChI=1S/C55H80N2O10/c1-11-14-40-24-33(2)23-34(3)25-50(64-8)43-32-55(63,36(5)27-51(43)65-9)53(61)54(62)57-21-13-12-15-45(57)48(60)30-42(37(6)46(58)31-47(40)59)35(4)26-38-16-19-49(52(28-38)66-10)67-41-17-18-44-39(29-41)20-22-56(44)7/h11,17-18,20,22,24,26,29,34,36-38,40,42-43,45-46,49-52,58,63H,1,12-16,19,21,23,25,27-28,30-32H2,2-10H3/b33-24+,35-26?. The predicted molar refractivity (Wildman–Crippen MR) is 260 cm³/mol. The maximum atomic E-state index is 14.8.